The lowest BCUT2D eigenvalue weighted by Crippen LogP contribution is -2.38. The molecule has 0 radical (unpaired) electrons. The van der Waals surface area contributed by atoms with E-state index in [9.17, 15) is 17.6 Å². The Kier molecular flexibility index (Phi) is 6.26. The van der Waals surface area contributed by atoms with Crippen LogP contribution in [0.3, 0.4) is 0 Å². The lowest BCUT2D eigenvalue weighted by molar-refractivity contribution is -0.137. The van der Waals surface area contributed by atoms with Crippen molar-refractivity contribution in [3.05, 3.63) is 83.3 Å². The molecule has 1 aliphatic rings. The first-order valence-electron chi connectivity index (χ1n) is 10.1. The molecule has 1 fully saturated rings. The van der Waals surface area contributed by atoms with Crippen molar-refractivity contribution in [2.45, 2.75) is 25.1 Å². The zero-order valence-electron chi connectivity index (χ0n) is 16.9. The van der Waals surface area contributed by atoms with Crippen molar-refractivity contribution < 1.29 is 22.3 Å². The summed E-state index contributed by atoms with van der Waals surface area (Å²) >= 11 is 0. The van der Waals surface area contributed by atoms with Crippen molar-refractivity contribution in [2.24, 2.45) is 0 Å². The van der Waals surface area contributed by atoms with E-state index in [1.807, 2.05) is 6.07 Å². The third-order valence-corrected chi connectivity index (χ3v) is 5.09. The molecule has 0 saturated carbocycles. The number of ether oxygens (including phenoxy) is 1. The maximum Gasteiger partial charge on any atom is 0.416 e. The van der Waals surface area contributed by atoms with Crippen LogP contribution in [0.4, 0.5) is 23.4 Å². The summed E-state index contributed by atoms with van der Waals surface area (Å²) in [6, 6.07) is 14.5. The summed E-state index contributed by atoms with van der Waals surface area (Å²) in [5.74, 6) is 6.20. The Morgan fingerprint density at radius 2 is 1.59 bits per heavy atom. The van der Waals surface area contributed by atoms with Gasteiger partial charge in [0.2, 0.25) is 0 Å². The van der Waals surface area contributed by atoms with Gasteiger partial charge in [-0.25, -0.2) is 4.39 Å². The van der Waals surface area contributed by atoms with Gasteiger partial charge in [-0.2, -0.15) is 13.2 Å². The second-order valence-electron chi connectivity index (χ2n) is 7.34. The van der Waals surface area contributed by atoms with E-state index in [-0.39, 0.29) is 17.7 Å². The van der Waals surface area contributed by atoms with E-state index in [0.29, 0.717) is 30.2 Å². The highest BCUT2D eigenvalue weighted by Gasteiger charge is 2.29. The van der Waals surface area contributed by atoms with Gasteiger partial charge in [-0.15, -0.1) is 10.2 Å². The van der Waals surface area contributed by atoms with Crippen LogP contribution < -0.4 is 9.64 Å². The third kappa shape index (κ3) is 5.35. The van der Waals surface area contributed by atoms with Crippen molar-refractivity contribution in [3.8, 4) is 17.6 Å². The summed E-state index contributed by atoms with van der Waals surface area (Å²) in [5.41, 5.74) is 0.169. The summed E-state index contributed by atoms with van der Waals surface area (Å²) in [6.45, 7) is 1.40. The van der Waals surface area contributed by atoms with Gasteiger partial charge in [0.25, 0.3) is 0 Å². The maximum absolute atomic E-state index is 13.8. The Morgan fingerprint density at radius 1 is 0.875 bits per heavy atom. The minimum atomic E-state index is -4.37. The summed E-state index contributed by atoms with van der Waals surface area (Å²) in [6.07, 6.45) is -2.98. The van der Waals surface area contributed by atoms with Gasteiger partial charge in [0.05, 0.1) is 5.56 Å². The second-order valence-corrected chi connectivity index (χ2v) is 7.34. The molecule has 4 rings (SSSR count). The lowest BCUT2D eigenvalue weighted by Gasteiger charge is -2.32. The standard InChI is InChI=1S/C24H19F4N3O/c25-21-3-1-2-4-22(21)32-20-13-15-31(16-14-20)23-12-11-19(29-30-23)10-7-17-5-8-18(9-6-17)24(26,27)28/h1-6,8-9,11-12,20H,13-16H2. The fourth-order valence-electron chi connectivity index (χ4n) is 3.36. The molecular formula is C24H19F4N3O. The van der Waals surface area contributed by atoms with Crippen LogP contribution in [0.5, 0.6) is 5.75 Å². The van der Waals surface area contributed by atoms with Crippen molar-refractivity contribution >= 4 is 5.82 Å². The molecule has 1 saturated heterocycles. The topological polar surface area (TPSA) is 38.2 Å². The molecule has 4 nitrogen and oxygen atoms in total. The fraction of sp³-hybridized carbons (Fsp3) is 0.250. The van der Waals surface area contributed by atoms with Crippen LogP contribution >= 0.6 is 0 Å². The van der Waals surface area contributed by atoms with Gasteiger partial charge in [-0.3, -0.25) is 0 Å². The molecule has 164 valence electrons. The van der Waals surface area contributed by atoms with E-state index < -0.39 is 11.7 Å². The number of rotatable bonds is 3. The summed E-state index contributed by atoms with van der Waals surface area (Å²) in [7, 11) is 0. The highest BCUT2D eigenvalue weighted by atomic mass is 19.4. The number of aromatic nitrogens is 2. The molecule has 3 aromatic rings. The average Bonchev–Trinajstić information content (AvgIpc) is 2.80. The Balaban J connectivity index is 1.33. The maximum atomic E-state index is 13.8. The van der Waals surface area contributed by atoms with E-state index >= 15 is 0 Å². The largest absolute Gasteiger partial charge is 0.487 e. The molecule has 2 heterocycles. The Morgan fingerprint density at radius 3 is 2.22 bits per heavy atom. The van der Waals surface area contributed by atoms with Crippen LogP contribution in [-0.4, -0.2) is 29.4 Å². The van der Waals surface area contributed by atoms with Crippen LogP contribution in [0.15, 0.2) is 60.7 Å². The molecule has 32 heavy (non-hydrogen) atoms. The Labute approximate surface area is 182 Å². The monoisotopic (exact) mass is 441 g/mol. The average molecular weight is 441 g/mol. The van der Waals surface area contributed by atoms with Crippen LogP contribution in [0.25, 0.3) is 0 Å². The number of anilines is 1. The predicted octanol–water partition coefficient (Wildman–Crippen LogP) is 5.08. The van der Waals surface area contributed by atoms with Gasteiger partial charge in [-0.1, -0.05) is 18.1 Å². The summed E-state index contributed by atoms with van der Waals surface area (Å²) in [5, 5.41) is 8.31. The molecule has 0 amide bonds. The van der Waals surface area contributed by atoms with E-state index in [4.69, 9.17) is 4.74 Å². The Bertz CT molecular complexity index is 1110. The number of nitrogens with zero attached hydrogens (tertiary/aromatic N) is 3. The quantitative estimate of drug-likeness (QED) is 0.420. The van der Waals surface area contributed by atoms with Crippen molar-refractivity contribution in [3.63, 3.8) is 0 Å². The number of piperidine rings is 1. The first-order chi connectivity index (χ1) is 15.4. The number of hydrogen-bond acceptors (Lipinski definition) is 4. The van der Waals surface area contributed by atoms with Gasteiger partial charge in [-0.05, 0) is 54.5 Å². The van der Waals surface area contributed by atoms with Crippen LogP contribution in [0.2, 0.25) is 0 Å². The molecule has 0 unspecified atom stereocenters. The molecule has 8 heteroatoms. The van der Waals surface area contributed by atoms with E-state index in [0.717, 1.165) is 25.0 Å². The molecule has 0 aliphatic carbocycles. The summed E-state index contributed by atoms with van der Waals surface area (Å²) < 4.78 is 57.4. The van der Waals surface area contributed by atoms with Crippen LogP contribution in [-0.2, 0) is 6.18 Å². The van der Waals surface area contributed by atoms with Crippen LogP contribution in [0.1, 0.15) is 29.7 Å². The zero-order chi connectivity index (χ0) is 22.6. The second kappa shape index (κ2) is 9.27. The van der Waals surface area contributed by atoms with Crippen molar-refractivity contribution in [1.29, 1.82) is 0 Å². The molecular weight excluding hydrogens is 422 g/mol. The number of alkyl halides is 3. The van der Waals surface area contributed by atoms with E-state index in [2.05, 4.69) is 26.9 Å². The third-order valence-electron chi connectivity index (χ3n) is 5.09. The van der Waals surface area contributed by atoms with Crippen LogP contribution in [0, 0.1) is 17.7 Å². The van der Waals surface area contributed by atoms with Gasteiger partial charge in [0.15, 0.2) is 17.4 Å². The van der Waals surface area contributed by atoms with E-state index in [1.54, 1.807) is 24.3 Å². The van der Waals surface area contributed by atoms with E-state index in [1.165, 1.54) is 18.2 Å². The number of para-hydroxylation sites is 1. The number of benzene rings is 2. The SMILES string of the molecule is Fc1ccccc1OC1CCN(c2ccc(C#Cc3ccc(C(F)(F)F)cc3)nn2)CC1. The van der Waals surface area contributed by atoms with Gasteiger partial charge in [0.1, 0.15) is 11.8 Å². The number of halogens is 4. The highest BCUT2D eigenvalue weighted by molar-refractivity contribution is 5.44. The minimum absolute atomic E-state index is 0.0648. The first kappa shape index (κ1) is 21.6. The summed E-state index contributed by atoms with van der Waals surface area (Å²) in [4.78, 5) is 2.07. The molecule has 0 bridgehead atoms. The lowest BCUT2D eigenvalue weighted by atomic mass is 10.1. The minimum Gasteiger partial charge on any atom is -0.487 e. The van der Waals surface area contributed by atoms with Crippen molar-refractivity contribution in [2.75, 3.05) is 18.0 Å². The highest BCUT2D eigenvalue weighted by Crippen LogP contribution is 2.29. The molecule has 1 aliphatic heterocycles. The molecule has 0 atom stereocenters. The number of hydrogen-bond donors (Lipinski definition) is 0. The molecule has 2 aromatic carbocycles. The van der Waals surface area contributed by atoms with Crippen molar-refractivity contribution in [1.82, 2.24) is 10.2 Å². The van der Waals surface area contributed by atoms with Gasteiger partial charge < -0.3 is 9.64 Å². The smallest absolute Gasteiger partial charge is 0.416 e. The zero-order valence-corrected chi connectivity index (χ0v) is 16.9. The molecule has 1 aromatic heterocycles. The predicted molar refractivity (Wildman–Crippen MR) is 112 cm³/mol. The molecule has 0 spiro atoms. The Hall–Kier alpha value is -3.60. The fourth-order valence-corrected chi connectivity index (χ4v) is 3.36. The normalized spacial score (nSPS) is 14.6. The molecule has 0 N–H and O–H groups in total. The van der Waals surface area contributed by atoms with Gasteiger partial charge in [0, 0.05) is 31.5 Å². The first-order valence-corrected chi connectivity index (χ1v) is 10.1. The van der Waals surface area contributed by atoms with Gasteiger partial charge >= 0.3 is 6.18 Å².